The van der Waals surface area contributed by atoms with Crippen LogP contribution in [0.1, 0.15) is 12.6 Å². The van der Waals surface area contributed by atoms with E-state index in [9.17, 15) is 9.18 Å². The van der Waals surface area contributed by atoms with E-state index in [2.05, 4.69) is 0 Å². The first-order valence-corrected chi connectivity index (χ1v) is 6.46. The molecule has 1 aromatic carbocycles. The van der Waals surface area contributed by atoms with Crippen LogP contribution in [-0.4, -0.2) is 23.2 Å². The fourth-order valence-corrected chi connectivity index (χ4v) is 1.99. The molecule has 2 rings (SSSR count). The summed E-state index contributed by atoms with van der Waals surface area (Å²) in [5.41, 5.74) is 7.51. The average Bonchev–Trinajstić information content (AvgIpc) is 2.88. The summed E-state index contributed by atoms with van der Waals surface area (Å²) in [6.07, 6.45) is 2.21. The molecular weight excluding hydrogens is 259 g/mol. The van der Waals surface area contributed by atoms with Gasteiger partial charge in [0.15, 0.2) is 0 Å². The van der Waals surface area contributed by atoms with E-state index in [0.29, 0.717) is 13.0 Å². The van der Waals surface area contributed by atoms with Crippen LogP contribution in [0.25, 0.3) is 5.69 Å². The Bertz CT molecular complexity index is 578. The number of rotatable bonds is 5. The lowest BCUT2D eigenvalue weighted by Gasteiger charge is -2.13. The van der Waals surface area contributed by atoms with Crippen LogP contribution in [0.4, 0.5) is 4.39 Å². The van der Waals surface area contributed by atoms with Crippen LogP contribution < -0.4 is 5.73 Å². The third-order valence-corrected chi connectivity index (χ3v) is 2.96. The molecule has 1 aromatic heterocycles. The zero-order valence-corrected chi connectivity index (χ0v) is 11.3. The van der Waals surface area contributed by atoms with Gasteiger partial charge in [0.05, 0.1) is 6.61 Å². The molecule has 0 fully saturated rings. The maximum absolute atomic E-state index is 12.9. The molecule has 1 unspecified atom stereocenters. The largest absolute Gasteiger partial charge is 0.465 e. The smallest absolute Gasteiger partial charge is 0.323 e. The summed E-state index contributed by atoms with van der Waals surface area (Å²) in [4.78, 5) is 11.6. The summed E-state index contributed by atoms with van der Waals surface area (Å²) in [6, 6.07) is 9.17. The molecule has 0 aliphatic carbocycles. The molecule has 1 heterocycles. The molecule has 0 aliphatic heterocycles. The van der Waals surface area contributed by atoms with Gasteiger partial charge in [-0.2, -0.15) is 0 Å². The van der Waals surface area contributed by atoms with Crippen molar-refractivity contribution < 1.29 is 13.9 Å². The van der Waals surface area contributed by atoms with Gasteiger partial charge in [0.25, 0.3) is 0 Å². The molecule has 106 valence electrons. The molecule has 2 aromatic rings. The van der Waals surface area contributed by atoms with Gasteiger partial charge in [-0.15, -0.1) is 0 Å². The Kier molecular flexibility index (Phi) is 4.53. The third-order valence-electron chi connectivity index (χ3n) is 2.96. The van der Waals surface area contributed by atoms with Crippen molar-refractivity contribution in [3.8, 4) is 5.69 Å². The van der Waals surface area contributed by atoms with Crippen LogP contribution in [-0.2, 0) is 16.0 Å². The molecule has 5 heteroatoms. The van der Waals surface area contributed by atoms with Crippen molar-refractivity contribution in [2.45, 2.75) is 19.4 Å². The number of nitrogens with two attached hydrogens (primary N) is 1. The Hall–Kier alpha value is -2.14. The number of hydrogen-bond donors (Lipinski definition) is 1. The quantitative estimate of drug-likeness (QED) is 0.850. The van der Waals surface area contributed by atoms with Gasteiger partial charge < -0.3 is 15.0 Å². The highest BCUT2D eigenvalue weighted by Crippen LogP contribution is 2.15. The molecular formula is C15H17FN2O2. The maximum atomic E-state index is 12.9. The van der Waals surface area contributed by atoms with Gasteiger partial charge in [0, 0.05) is 24.0 Å². The van der Waals surface area contributed by atoms with Gasteiger partial charge in [-0.1, -0.05) is 0 Å². The van der Waals surface area contributed by atoms with E-state index >= 15 is 0 Å². The van der Waals surface area contributed by atoms with Crippen molar-refractivity contribution in [3.05, 3.63) is 54.1 Å². The SMILES string of the molecule is CCOC(=O)C(N)Cc1cccn1-c1ccc(F)cc1. The Morgan fingerprint density at radius 2 is 2.05 bits per heavy atom. The molecule has 0 bridgehead atoms. The first-order chi connectivity index (χ1) is 9.61. The van der Waals surface area contributed by atoms with E-state index in [-0.39, 0.29) is 5.82 Å². The molecule has 4 nitrogen and oxygen atoms in total. The standard InChI is InChI=1S/C15H17FN2O2/c1-2-20-15(19)14(17)10-13-4-3-9-18(13)12-7-5-11(16)6-8-12/h3-9,14H,2,10,17H2,1H3. The maximum Gasteiger partial charge on any atom is 0.323 e. The van der Waals surface area contributed by atoms with Crippen LogP contribution in [0.5, 0.6) is 0 Å². The second kappa shape index (κ2) is 6.34. The van der Waals surface area contributed by atoms with Crippen molar-refractivity contribution >= 4 is 5.97 Å². The Morgan fingerprint density at radius 3 is 2.70 bits per heavy atom. The number of nitrogens with zero attached hydrogens (tertiary/aromatic N) is 1. The number of esters is 1. The number of hydrogen-bond acceptors (Lipinski definition) is 3. The zero-order chi connectivity index (χ0) is 14.5. The summed E-state index contributed by atoms with van der Waals surface area (Å²) < 4.78 is 19.7. The van der Waals surface area contributed by atoms with E-state index in [1.807, 2.05) is 22.9 Å². The van der Waals surface area contributed by atoms with E-state index in [1.165, 1.54) is 12.1 Å². The second-order valence-corrected chi connectivity index (χ2v) is 4.41. The minimum Gasteiger partial charge on any atom is -0.465 e. The van der Waals surface area contributed by atoms with E-state index in [0.717, 1.165) is 11.4 Å². The van der Waals surface area contributed by atoms with Crippen molar-refractivity contribution in [2.24, 2.45) is 5.73 Å². The predicted octanol–water partition coefficient (Wildman–Crippen LogP) is 2.05. The van der Waals surface area contributed by atoms with Gasteiger partial charge in [-0.05, 0) is 43.3 Å². The molecule has 0 saturated carbocycles. The van der Waals surface area contributed by atoms with Crippen LogP contribution >= 0.6 is 0 Å². The van der Waals surface area contributed by atoms with Crippen LogP contribution in [0.15, 0.2) is 42.6 Å². The summed E-state index contributed by atoms with van der Waals surface area (Å²) in [5.74, 6) is -0.704. The van der Waals surface area contributed by atoms with Gasteiger partial charge in [0.2, 0.25) is 0 Å². The summed E-state index contributed by atoms with van der Waals surface area (Å²) in [5, 5.41) is 0. The Morgan fingerprint density at radius 1 is 1.35 bits per heavy atom. The van der Waals surface area contributed by atoms with Crippen LogP contribution in [0, 0.1) is 5.82 Å². The van der Waals surface area contributed by atoms with Crippen molar-refractivity contribution in [1.29, 1.82) is 0 Å². The summed E-state index contributed by atoms with van der Waals surface area (Å²) in [6.45, 7) is 2.05. The molecule has 0 aliphatic rings. The summed E-state index contributed by atoms with van der Waals surface area (Å²) in [7, 11) is 0. The number of halogens is 1. The van der Waals surface area contributed by atoms with Gasteiger partial charge in [-0.25, -0.2) is 4.39 Å². The van der Waals surface area contributed by atoms with E-state index in [4.69, 9.17) is 10.5 Å². The normalized spacial score (nSPS) is 12.2. The van der Waals surface area contributed by atoms with Crippen molar-refractivity contribution in [2.75, 3.05) is 6.61 Å². The number of ether oxygens (including phenoxy) is 1. The van der Waals surface area contributed by atoms with Gasteiger partial charge in [0.1, 0.15) is 11.9 Å². The number of aromatic nitrogens is 1. The molecule has 1 atom stereocenters. The lowest BCUT2D eigenvalue weighted by Crippen LogP contribution is -2.34. The lowest BCUT2D eigenvalue weighted by molar-refractivity contribution is -0.144. The predicted molar refractivity (Wildman–Crippen MR) is 74.0 cm³/mol. The Labute approximate surface area is 117 Å². The number of benzene rings is 1. The monoisotopic (exact) mass is 276 g/mol. The highest BCUT2D eigenvalue weighted by Gasteiger charge is 2.17. The topological polar surface area (TPSA) is 57.2 Å². The zero-order valence-electron chi connectivity index (χ0n) is 11.3. The molecule has 0 saturated heterocycles. The molecule has 2 N–H and O–H groups in total. The summed E-state index contributed by atoms with van der Waals surface area (Å²) >= 11 is 0. The van der Waals surface area contributed by atoms with Crippen LogP contribution in [0.3, 0.4) is 0 Å². The third kappa shape index (κ3) is 3.24. The fourth-order valence-electron chi connectivity index (χ4n) is 1.99. The van der Waals surface area contributed by atoms with E-state index < -0.39 is 12.0 Å². The van der Waals surface area contributed by atoms with Gasteiger partial charge >= 0.3 is 5.97 Å². The molecule has 0 radical (unpaired) electrons. The highest BCUT2D eigenvalue weighted by molar-refractivity contribution is 5.75. The molecule has 20 heavy (non-hydrogen) atoms. The minimum absolute atomic E-state index is 0.286. The van der Waals surface area contributed by atoms with E-state index in [1.54, 1.807) is 19.1 Å². The second-order valence-electron chi connectivity index (χ2n) is 4.41. The molecule has 0 spiro atoms. The number of carbonyl (C=O) groups is 1. The van der Waals surface area contributed by atoms with Crippen LogP contribution in [0.2, 0.25) is 0 Å². The fraction of sp³-hybridized carbons (Fsp3) is 0.267. The Balaban J connectivity index is 2.16. The first kappa shape index (κ1) is 14.3. The average molecular weight is 276 g/mol. The first-order valence-electron chi connectivity index (χ1n) is 6.46. The minimum atomic E-state index is -0.705. The van der Waals surface area contributed by atoms with Crippen molar-refractivity contribution in [3.63, 3.8) is 0 Å². The lowest BCUT2D eigenvalue weighted by atomic mass is 10.1. The number of carbonyl (C=O) groups excluding carboxylic acids is 1. The highest BCUT2D eigenvalue weighted by atomic mass is 19.1. The molecule has 0 amide bonds. The van der Waals surface area contributed by atoms with Gasteiger partial charge in [-0.3, -0.25) is 4.79 Å². The van der Waals surface area contributed by atoms with Crippen molar-refractivity contribution in [1.82, 2.24) is 4.57 Å².